The van der Waals surface area contributed by atoms with Gasteiger partial charge in [0.1, 0.15) is 11.5 Å². The zero-order chi connectivity index (χ0) is 21.0. The summed E-state index contributed by atoms with van der Waals surface area (Å²) >= 11 is 5.92. The molecule has 0 spiro atoms. The number of aromatic nitrogens is 2. The van der Waals surface area contributed by atoms with Crippen molar-refractivity contribution in [2.45, 2.75) is 51.6 Å². The van der Waals surface area contributed by atoms with Crippen molar-refractivity contribution in [2.24, 2.45) is 17.1 Å². The Kier molecular flexibility index (Phi) is 4.61. The van der Waals surface area contributed by atoms with Crippen LogP contribution in [-0.4, -0.2) is 33.0 Å². The van der Waals surface area contributed by atoms with Crippen molar-refractivity contribution >= 4 is 23.4 Å². The zero-order valence-electron chi connectivity index (χ0n) is 16.7. The monoisotopic (exact) mass is 430 g/mol. The van der Waals surface area contributed by atoms with E-state index in [1.165, 1.54) is 37.5 Å². The first-order chi connectivity index (χ1) is 14.3. The van der Waals surface area contributed by atoms with Gasteiger partial charge < -0.3 is 10.6 Å². The Morgan fingerprint density at radius 1 is 1.27 bits per heavy atom. The SMILES string of the molecule is NC(=O)c1c(-c2ccc(F)c(Cl)c2)nn2c1CN(C(=O)CC13CCC(CC1)C3)CC2. The highest BCUT2D eigenvalue weighted by Crippen LogP contribution is 2.56. The van der Waals surface area contributed by atoms with Crippen LogP contribution in [0, 0.1) is 17.2 Å². The molecule has 0 unspecified atom stereocenters. The van der Waals surface area contributed by atoms with Crippen LogP contribution in [0.2, 0.25) is 5.02 Å². The van der Waals surface area contributed by atoms with E-state index in [2.05, 4.69) is 5.10 Å². The number of primary amides is 1. The predicted molar refractivity (Wildman–Crippen MR) is 110 cm³/mol. The number of fused-ring (bicyclic) bond motifs is 3. The van der Waals surface area contributed by atoms with Gasteiger partial charge in [-0.25, -0.2) is 4.39 Å². The van der Waals surface area contributed by atoms with Crippen molar-refractivity contribution in [3.05, 3.63) is 40.3 Å². The van der Waals surface area contributed by atoms with Gasteiger partial charge in [-0.2, -0.15) is 5.10 Å². The highest BCUT2D eigenvalue weighted by molar-refractivity contribution is 6.31. The lowest BCUT2D eigenvalue weighted by atomic mass is 9.81. The van der Waals surface area contributed by atoms with Gasteiger partial charge in [-0.1, -0.05) is 11.6 Å². The number of amides is 2. The van der Waals surface area contributed by atoms with Gasteiger partial charge in [-0.05, 0) is 61.6 Å². The molecular weight excluding hydrogens is 407 g/mol. The topological polar surface area (TPSA) is 81.2 Å². The van der Waals surface area contributed by atoms with Gasteiger partial charge in [0.2, 0.25) is 5.91 Å². The Bertz CT molecular complexity index is 1040. The molecule has 0 atom stereocenters. The normalized spacial score (nSPS) is 24.9. The molecule has 158 valence electrons. The number of nitrogens with two attached hydrogens (primary N) is 1. The molecule has 1 aliphatic heterocycles. The molecule has 2 heterocycles. The van der Waals surface area contributed by atoms with Crippen molar-refractivity contribution in [1.29, 1.82) is 0 Å². The lowest BCUT2D eigenvalue weighted by molar-refractivity contribution is -0.135. The standard InChI is InChI=1S/C22H24ClFN4O2/c23-15-9-14(1-2-16(15)24)20-19(21(25)30)17-12-27(7-8-28(17)26-20)18(29)11-22-5-3-13(10-22)4-6-22/h1-2,9,13H,3-8,10-12H2,(H2,25,30). The first-order valence-electron chi connectivity index (χ1n) is 10.5. The Morgan fingerprint density at radius 2 is 2.03 bits per heavy atom. The molecule has 2 saturated carbocycles. The molecule has 2 amide bonds. The maximum atomic E-state index is 13.6. The van der Waals surface area contributed by atoms with E-state index in [9.17, 15) is 14.0 Å². The summed E-state index contributed by atoms with van der Waals surface area (Å²) in [4.78, 5) is 27.2. The molecule has 1 aromatic heterocycles. The van der Waals surface area contributed by atoms with E-state index in [1.807, 2.05) is 4.90 Å². The molecule has 2 fully saturated rings. The minimum atomic E-state index is -0.617. The molecule has 0 saturated heterocycles. The second kappa shape index (κ2) is 7.08. The third-order valence-corrected chi connectivity index (χ3v) is 7.48. The number of carbonyl (C=O) groups excluding carboxylic acids is 2. The number of carbonyl (C=O) groups is 2. The van der Waals surface area contributed by atoms with Crippen molar-refractivity contribution in [3.8, 4) is 11.3 Å². The first-order valence-corrected chi connectivity index (χ1v) is 10.9. The second-order valence-corrected chi connectivity index (χ2v) is 9.43. The van der Waals surface area contributed by atoms with E-state index < -0.39 is 11.7 Å². The average molecular weight is 431 g/mol. The summed E-state index contributed by atoms with van der Waals surface area (Å²) in [5.41, 5.74) is 7.67. The van der Waals surface area contributed by atoms with Crippen LogP contribution in [0.5, 0.6) is 0 Å². The zero-order valence-corrected chi connectivity index (χ0v) is 17.4. The van der Waals surface area contributed by atoms with Gasteiger partial charge in [0, 0.05) is 18.5 Å². The van der Waals surface area contributed by atoms with Crippen LogP contribution in [0.1, 0.15) is 54.6 Å². The van der Waals surface area contributed by atoms with Crippen molar-refractivity contribution < 1.29 is 14.0 Å². The smallest absolute Gasteiger partial charge is 0.252 e. The minimum Gasteiger partial charge on any atom is -0.365 e. The van der Waals surface area contributed by atoms with Crippen LogP contribution < -0.4 is 5.73 Å². The van der Waals surface area contributed by atoms with Crippen LogP contribution >= 0.6 is 11.6 Å². The van der Waals surface area contributed by atoms with Crippen LogP contribution in [0.15, 0.2) is 18.2 Å². The molecule has 2 aromatic rings. The second-order valence-electron chi connectivity index (χ2n) is 9.03. The quantitative estimate of drug-likeness (QED) is 0.801. The van der Waals surface area contributed by atoms with Crippen LogP contribution in [-0.2, 0) is 17.9 Å². The fourth-order valence-electron chi connectivity index (χ4n) is 5.63. The third kappa shape index (κ3) is 3.20. The summed E-state index contributed by atoms with van der Waals surface area (Å²) in [6.07, 6.45) is 6.55. The Hall–Kier alpha value is -2.41. The molecule has 8 heteroatoms. The van der Waals surface area contributed by atoms with Gasteiger partial charge in [0.15, 0.2) is 0 Å². The highest BCUT2D eigenvalue weighted by Gasteiger charge is 2.46. The Morgan fingerprint density at radius 3 is 2.67 bits per heavy atom. The van der Waals surface area contributed by atoms with E-state index in [0.717, 1.165) is 18.8 Å². The molecule has 3 aliphatic rings. The van der Waals surface area contributed by atoms with Crippen LogP contribution in [0.25, 0.3) is 11.3 Å². The number of halogens is 2. The maximum Gasteiger partial charge on any atom is 0.252 e. The van der Waals surface area contributed by atoms with Crippen LogP contribution in [0.3, 0.4) is 0 Å². The number of benzene rings is 1. The predicted octanol–water partition coefficient (Wildman–Crippen LogP) is 3.75. The van der Waals surface area contributed by atoms with E-state index in [0.29, 0.717) is 43.0 Å². The van der Waals surface area contributed by atoms with Gasteiger partial charge in [-0.15, -0.1) is 0 Å². The lowest BCUT2D eigenvalue weighted by Gasteiger charge is -2.32. The fraction of sp³-hybridized carbons (Fsp3) is 0.500. The third-order valence-electron chi connectivity index (χ3n) is 7.19. The molecular formula is C22H24ClFN4O2. The maximum absolute atomic E-state index is 13.6. The molecule has 2 bridgehead atoms. The Labute approximate surface area is 179 Å². The summed E-state index contributed by atoms with van der Waals surface area (Å²) in [5, 5.41) is 4.50. The van der Waals surface area contributed by atoms with Crippen molar-refractivity contribution in [2.75, 3.05) is 6.54 Å². The molecule has 5 rings (SSSR count). The first kappa shape index (κ1) is 19.5. The van der Waals surface area contributed by atoms with Crippen molar-refractivity contribution in [3.63, 3.8) is 0 Å². The summed E-state index contributed by atoms with van der Waals surface area (Å²) < 4.78 is 15.3. The summed E-state index contributed by atoms with van der Waals surface area (Å²) in [6.45, 7) is 1.35. The van der Waals surface area contributed by atoms with Crippen LogP contribution in [0.4, 0.5) is 4.39 Å². The number of nitrogens with zero attached hydrogens (tertiary/aromatic N) is 3. The highest BCUT2D eigenvalue weighted by atomic mass is 35.5. The summed E-state index contributed by atoms with van der Waals surface area (Å²) in [5.74, 6) is -0.213. The van der Waals surface area contributed by atoms with Crippen molar-refractivity contribution in [1.82, 2.24) is 14.7 Å². The van der Waals surface area contributed by atoms with Gasteiger partial charge in [0.05, 0.1) is 29.4 Å². The number of rotatable bonds is 4. The number of hydrogen-bond acceptors (Lipinski definition) is 3. The van der Waals surface area contributed by atoms with E-state index >= 15 is 0 Å². The molecule has 6 nitrogen and oxygen atoms in total. The largest absolute Gasteiger partial charge is 0.365 e. The Balaban J connectivity index is 1.43. The lowest BCUT2D eigenvalue weighted by Crippen LogP contribution is -2.41. The van der Waals surface area contributed by atoms with Gasteiger partial charge in [-0.3, -0.25) is 14.3 Å². The van der Waals surface area contributed by atoms with E-state index in [4.69, 9.17) is 17.3 Å². The van der Waals surface area contributed by atoms with Gasteiger partial charge >= 0.3 is 0 Å². The summed E-state index contributed by atoms with van der Waals surface area (Å²) in [7, 11) is 0. The number of hydrogen-bond donors (Lipinski definition) is 1. The van der Waals surface area contributed by atoms with Gasteiger partial charge in [0.25, 0.3) is 5.91 Å². The summed E-state index contributed by atoms with van der Waals surface area (Å²) in [6, 6.07) is 4.21. The minimum absolute atomic E-state index is 0.0450. The van der Waals surface area contributed by atoms with E-state index in [1.54, 1.807) is 4.68 Å². The van der Waals surface area contributed by atoms with E-state index in [-0.39, 0.29) is 21.9 Å². The molecule has 0 radical (unpaired) electrons. The molecule has 30 heavy (non-hydrogen) atoms. The average Bonchev–Trinajstić information content (AvgIpc) is 3.41. The fourth-order valence-corrected chi connectivity index (χ4v) is 5.81. The molecule has 2 N–H and O–H groups in total. The molecule has 2 aliphatic carbocycles. The molecule has 1 aromatic carbocycles.